The highest BCUT2D eigenvalue weighted by atomic mass is 32.2. The number of hydrogen-bond donors (Lipinski definition) is 1. The molecule has 2 heterocycles. The van der Waals surface area contributed by atoms with Crippen LogP contribution in [0.1, 0.15) is 24.5 Å². The van der Waals surface area contributed by atoms with Gasteiger partial charge in [-0.3, -0.25) is 4.90 Å². The molecule has 1 aromatic heterocycles. The summed E-state index contributed by atoms with van der Waals surface area (Å²) in [6, 6.07) is 0.197. The zero-order valence-electron chi connectivity index (χ0n) is 13.8. The van der Waals surface area contributed by atoms with Crippen molar-refractivity contribution >= 4 is 21.4 Å². The smallest absolute Gasteiger partial charge is 0.251 e. The van der Waals surface area contributed by atoms with Gasteiger partial charge in [-0.2, -0.15) is 0 Å². The molecule has 0 aliphatic carbocycles. The minimum atomic E-state index is -3.45. The predicted octanol–water partition coefficient (Wildman–Crippen LogP) is 1.06. The topological polar surface area (TPSA) is 65.5 Å². The van der Waals surface area contributed by atoms with Crippen molar-refractivity contribution in [3.05, 3.63) is 10.7 Å². The Balaban J connectivity index is 1.90. The average Bonchev–Trinajstić information content (AvgIpc) is 2.84. The Bertz CT molecular complexity index is 592. The van der Waals surface area contributed by atoms with Crippen LogP contribution in [0.15, 0.2) is 4.21 Å². The highest BCUT2D eigenvalue weighted by Crippen LogP contribution is 2.22. The van der Waals surface area contributed by atoms with Crippen LogP contribution in [0.4, 0.5) is 0 Å². The summed E-state index contributed by atoms with van der Waals surface area (Å²) < 4.78 is 27.8. The van der Waals surface area contributed by atoms with Crippen molar-refractivity contribution in [2.75, 3.05) is 39.3 Å². The molecule has 8 heteroatoms. The van der Waals surface area contributed by atoms with Gasteiger partial charge in [-0.15, -0.1) is 11.3 Å². The van der Waals surface area contributed by atoms with Gasteiger partial charge in [0.2, 0.25) is 0 Å². The van der Waals surface area contributed by atoms with Crippen molar-refractivity contribution in [3.63, 3.8) is 0 Å². The molecule has 0 amide bonds. The van der Waals surface area contributed by atoms with E-state index in [1.54, 1.807) is 6.92 Å². The van der Waals surface area contributed by atoms with E-state index in [0.29, 0.717) is 16.4 Å². The van der Waals surface area contributed by atoms with Gasteiger partial charge in [0.05, 0.1) is 10.7 Å². The van der Waals surface area contributed by atoms with Crippen LogP contribution >= 0.6 is 11.3 Å². The van der Waals surface area contributed by atoms with Gasteiger partial charge < -0.3 is 4.90 Å². The summed E-state index contributed by atoms with van der Waals surface area (Å²) in [5.41, 5.74) is 0.583. The van der Waals surface area contributed by atoms with Gasteiger partial charge >= 0.3 is 0 Å². The SMILES string of the molecule is CCN1CCN([C@H](C)CNS(=O)(=O)c2sc(C)nc2C)CC1. The molecule has 0 aromatic carbocycles. The highest BCUT2D eigenvalue weighted by Gasteiger charge is 2.24. The van der Waals surface area contributed by atoms with E-state index in [2.05, 4.69) is 33.4 Å². The number of piperazine rings is 1. The van der Waals surface area contributed by atoms with Crippen molar-refractivity contribution in [1.29, 1.82) is 0 Å². The molecule has 0 radical (unpaired) electrons. The van der Waals surface area contributed by atoms with E-state index in [1.165, 1.54) is 11.3 Å². The molecule has 1 atom stereocenters. The second-order valence-electron chi connectivity index (χ2n) is 5.78. The molecule has 0 bridgehead atoms. The monoisotopic (exact) mass is 346 g/mol. The Morgan fingerprint density at radius 3 is 2.41 bits per heavy atom. The molecule has 1 fully saturated rings. The number of nitrogens with one attached hydrogen (secondary N) is 1. The fraction of sp³-hybridized carbons (Fsp3) is 0.786. The third kappa shape index (κ3) is 4.26. The van der Waals surface area contributed by atoms with Gasteiger partial charge in [0.1, 0.15) is 0 Å². The minimum absolute atomic E-state index is 0.197. The maximum atomic E-state index is 12.4. The van der Waals surface area contributed by atoms with Crippen LogP contribution in [0.25, 0.3) is 0 Å². The third-order valence-corrected chi connectivity index (χ3v) is 7.26. The maximum absolute atomic E-state index is 12.4. The summed E-state index contributed by atoms with van der Waals surface area (Å²) in [7, 11) is -3.45. The van der Waals surface area contributed by atoms with Crippen LogP contribution in [0.5, 0.6) is 0 Å². The first-order chi connectivity index (χ1) is 10.3. The van der Waals surface area contributed by atoms with Crippen LogP contribution in [-0.4, -0.2) is 68.5 Å². The van der Waals surface area contributed by atoms with Gasteiger partial charge in [-0.05, 0) is 27.3 Å². The largest absolute Gasteiger partial charge is 0.301 e. The summed E-state index contributed by atoms with van der Waals surface area (Å²) in [5, 5.41) is 0.779. The van der Waals surface area contributed by atoms with E-state index in [-0.39, 0.29) is 6.04 Å². The standard InChI is InChI=1S/C14H26N4O2S2/c1-5-17-6-8-18(9-7-17)11(2)10-15-22(19,20)14-12(3)16-13(4)21-14/h11,15H,5-10H2,1-4H3/t11-/m1/s1. The van der Waals surface area contributed by atoms with E-state index in [0.717, 1.165) is 37.7 Å². The lowest BCUT2D eigenvalue weighted by molar-refractivity contribution is 0.107. The lowest BCUT2D eigenvalue weighted by Crippen LogP contribution is -2.52. The Morgan fingerprint density at radius 2 is 1.91 bits per heavy atom. The van der Waals surface area contributed by atoms with Gasteiger partial charge in [-0.25, -0.2) is 18.1 Å². The average molecular weight is 347 g/mol. The number of thiazole rings is 1. The van der Waals surface area contributed by atoms with Gasteiger partial charge in [0, 0.05) is 38.8 Å². The summed E-state index contributed by atoms with van der Waals surface area (Å²) in [6.07, 6.45) is 0. The van der Waals surface area contributed by atoms with Crippen LogP contribution in [0.3, 0.4) is 0 Å². The lowest BCUT2D eigenvalue weighted by Gasteiger charge is -2.37. The molecule has 22 heavy (non-hydrogen) atoms. The van der Waals surface area contributed by atoms with Crippen LogP contribution in [0, 0.1) is 13.8 Å². The first-order valence-electron chi connectivity index (χ1n) is 7.73. The molecule has 0 spiro atoms. The molecule has 0 unspecified atom stereocenters. The fourth-order valence-electron chi connectivity index (χ4n) is 2.71. The molecule has 1 aliphatic rings. The molecule has 1 saturated heterocycles. The second-order valence-corrected chi connectivity index (χ2v) is 8.94. The molecule has 6 nitrogen and oxygen atoms in total. The Hall–Kier alpha value is -0.540. The zero-order chi connectivity index (χ0) is 16.3. The van der Waals surface area contributed by atoms with Crippen LogP contribution in [-0.2, 0) is 10.0 Å². The quantitative estimate of drug-likeness (QED) is 0.834. The second kappa shape index (κ2) is 7.35. The van der Waals surface area contributed by atoms with E-state index in [1.807, 2.05) is 6.92 Å². The Morgan fingerprint density at radius 1 is 1.27 bits per heavy atom. The van der Waals surface area contributed by atoms with Crippen molar-refractivity contribution in [2.24, 2.45) is 0 Å². The lowest BCUT2D eigenvalue weighted by atomic mass is 10.2. The molecule has 1 N–H and O–H groups in total. The first kappa shape index (κ1) is 17.8. The van der Waals surface area contributed by atoms with Crippen molar-refractivity contribution in [3.8, 4) is 0 Å². The predicted molar refractivity (Wildman–Crippen MR) is 89.9 cm³/mol. The summed E-state index contributed by atoms with van der Waals surface area (Å²) >= 11 is 1.23. The molecule has 126 valence electrons. The molecule has 1 aromatic rings. The van der Waals surface area contributed by atoms with E-state index in [4.69, 9.17) is 0 Å². The highest BCUT2D eigenvalue weighted by molar-refractivity contribution is 7.91. The number of sulfonamides is 1. The fourth-order valence-corrected chi connectivity index (χ4v) is 5.36. The van der Waals surface area contributed by atoms with Gasteiger partial charge in [0.15, 0.2) is 4.21 Å². The van der Waals surface area contributed by atoms with Crippen molar-refractivity contribution in [2.45, 2.75) is 37.9 Å². The number of rotatable bonds is 6. The Labute approximate surface area is 137 Å². The first-order valence-corrected chi connectivity index (χ1v) is 10.0. The van der Waals surface area contributed by atoms with Crippen molar-refractivity contribution in [1.82, 2.24) is 19.5 Å². The van der Waals surface area contributed by atoms with Crippen molar-refractivity contribution < 1.29 is 8.42 Å². The Kier molecular flexibility index (Phi) is 5.95. The summed E-state index contributed by atoms with van der Waals surface area (Å²) in [4.78, 5) is 8.96. The van der Waals surface area contributed by atoms with E-state index < -0.39 is 10.0 Å². The maximum Gasteiger partial charge on any atom is 0.251 e. The third-order valence-electron chi connectivity index (χ3n) is 4.15. The number of aromatic nitrogens is 1. The number of likely N-dealkylation sites (N-methyl/N-ethyl adjacent to an activating group) is 1. The minimum Gasteiger partial charge on any atom is -0.301 e. The number of aryl methyl sites for hydroxylation is 2. The molecule has 2 rings (SSSR count). The van der Waals surface area contributed by atoms with Crippen LogP contribution < -0.4 is 4.72 Å². The zero-order valence-corrected chi connectivity index (χ0v) is 15.4. The van der Waals surface area contributed by atoms with E-state index in [9.17, 15) is 8.42 Å². The molecular weight excluding hydrogens is 320 g/mol. The van der Waals surface area contributed by atoms with Crippen LogP contribution in [0.2, 0.25) is 0 Å². The van der Waals surface area contributed by atoms with E-state index >= 15 is 0 Å². The molecule has 1 aliphatic heterocycles. The summed E-state index contributed by atoms with van der Waals surface area (Å²) in [5.74, 6) is 0. The normalized spacial score (nSPS) is 19.5. The number of nitrogens with zero attached hydrogens (tertiary/aromatic N) is 3. The number of hydrogen-bond acceptors (Lipinski definition) is 6. The van der Waals surface area contributed by atoms with Gasteiger partial charge in [-0.1, -0.05) is 6.92 Å². The van der Waals surface area contributed by atoms with Gasteiger partial charge in [0.25, 0.3) is 10.0 Å². The molecular formula is C14H26N4O2S2. The molecule has 0 saturated carbocycles. The summed E-state index contributed by atoms with van der Waals surface area (Å²) in [6.45, 7) is 13.4.